The van der Waals surface area contributed by atoms with E-state index >= 15 is 0 Å². The maximum absolute atomic E-state index is 11.6. The maximum Gasteiger partial charge on any atom is 0.337 e. The molecule has 0 radical (unpaired) electrons. The zero-order valence-electron chi connectivity index (χ0n) is 10.5. The number of hydrogen-bond donors (Lipinski definition) is 2. The molecular formula is C11H16N4O3. The number of carboxylic acid groups (broad SMARTS) is 1. The monoisotopic (exact) mass is 252 g/mol. The molecule has 1 rings (SSSR count). The van der Waals surface area contributed by atoms with Crippen LogP contribution in [0.4, 0.5) is 11.5 Å². The Balaban J connectivity index is 3.00. The molecule has 0 aliphatic heterocycles. The SMILES string of the molecule is CN(C)C(=O)CN(C)c1nccc(C(=O)O)c1N. The number of anilines is 2. The summed E-state index contributed by atoms with van der Waals surface area (Å²) in [7, 11) is 4.91. The van der Waals surface area contributed by atoms with Crippen LogP contribution in [-0.2, 0) is 4.79 Å². The Kier molecular flexibility index (Phi) is 4.09. The van der Waals surface area contributed by atoms with Crippen molar-refractivity contribution in [3.05, 3.63) is 17.8 Å². The lowest BCUT2D eigenvalue weighted by molar-refractivity contribution is -0.127. The Morgan fingerprint density at radius 2 is 2.00 bits per heavy atom. The summed E-state index contributed by atoms with van der Waals surface area (Å²) in [6.07, 6.45) is 1.35. The van der Waals surface area contributed by atoms with Crippen molar-refractivity contribution in [1.82, 2.24) is 9.88 Å². The first kappa shape index (κ1) is 13.8. The second-order valence-corrected chi connectivity index (χ2v) is 4.05. The summed E-state index contributed by atoms with van der Waals surface area (Å²) in [6, 6.07) is 1.32. The smallest absolute Gasteiger partial charge is 0.337 e. The van der Waals surface area contributed by atoms with E-state index in [-0.39, 0.29) is 29.5 Å². The van der Waals surface area contributed by atoms with Gasteiger partial charge in [0.05, 0.1) is 17.8 Å². The minimum absolute atomic E-state index is 0.0239. The molecule has 7 nitrogen and oxygen atoms in total. The fourth-order valence-electron chi connectivity index (χ4n) is 1.37. The van der Waals surface area contributed by atoms with Gasteiger partial charge in [0.2, 0.25) is 5.91 Å². The molecular weight excluding hydrogens is 236 g/mol. The van der Waals surface area contributed by atoms with Crippen molar-refractivity contribution in [3.8, 4) is 0 Å². The highest BCUT2D eigenvalue weighted by atomic mass is 16.4. The average Bonchev–Trinajstić information content (AvgIpc) is 2.28. The molecule has 0 spiro atoms. The van der Waals surface area contributed by atoms with Gasteiger partial charge in [0, 0.05) is 27.3 Å². The van der Waals surface area contributed by atoms with E-state index in [1.807, 2.05) is 0 Å². The number of nitrogens with zero attached hydrogens (tertiary/aromatic N) is 3. The third kappa shape index (κ3) is 2.88. The fourth-order valence-corrected chi connectivity index (χ4v) is 1.37. The van der Waals surface area contributed by atoms with E-state index in [2.05, 4.69) is 4.98 Å². The van der Waals surface area contributed by atoms with Gasteiger partial charge in [0.15, 0.2) is 5.82 Å². The van der Waals surface area contributed by atoms with Gasteiger partial charge < -0.3 is 20.6 Å². The third-order valence-corrected chi connectivity index (χ3v) is 2.43. The third-order valence-electron chi connectivity index (χ3n) is 2.43. The van der Waals surface area contributed by atoms with Gasteiger partial charge in [-0.1, -0.05) is 0 Å². The second kappa shape index (κ2) is 5.35. The predicted octanol–water partition coefficient (Wildman–Crippen LogP) is -0.114. The number of carbonyl (C=O) groups excluding carboxylic acids is 1. The summed E-state index contributed by atoms with van der Waals surface area (Å²) in [4.78, 5) is 29.4. The summed E-state index contributed by atoms with van der Waals surface area (Å²) in [5.41, 5.74) is 5.76. The van der Waals surface area contributed by atoms with Crippen LogP contribution in [0.3, 0.4) is 0 Å². The first-order valence-electron chi connectivity index (χ1n) is 5.23. The number of pyridine rings is 1. The van der Waals surface area contributed by atoms with Crippen molar-refractivity contribution in [2.24, 2.45) is 0 Å². The van der Waals surface area contributed by atoms with Crippen LogP contribution in [0, 0.1) is 0 Å². The lowest BCUT2D eigenvalue weighted by Gasteiger charge is -2.21. The zero-order valence-corrected chi connectivity index (χ0v) is 10.5. The predicted molar refractivity (Wildman–Crippen MR) is 67.6 cm³/mol. The molecule has 1 aromatic heterocycles. The maximum atomic E-state index is 11.6. The van der Waals surface area contributed by atoms with Crippen LogP contribution >= 0.6 is 0 Å². The van der Waals surface area contributed by atoms with E-state index in [4.69, 9.17) is 10.8 Å². The molecule has 0 fully saturated rings. The van der Waals surface area contributed by atoms with Crippen LogP contribution < -0.4 is 10.6 Å². The van der Waals surface area contributed by atoms with E-state index < -0.39 is 5.97 Å². The van der Waals surface area contributed by atoms with E-state index in [0.717, 1.165) is 0 Å². The number of rotatable bonds is 4. The van der Waals surface area contributed by atoms with Gasteiger partial charge in [-0.25, -0.2) is 9.78 Å². The molecule has 7 heteroatoms. The van der Waals surface area contributed by atoms with E-state index in [0.29, 0.717) is 0 Å². The van der Waals surface area contributed by atoms with Gasteiger partial charge in [-0.3, -0.25) is 4.79 Å². The van der Waals surface area contributed by atoms with E-state index in [9.17, 15) is 9.59 Å². The van der Waals surface area contributed by atoms with Crippen molar-refractivity contribution in [3.63, 3.8) is 0 Å². The number of carboxylic acids is 1. The largest absolute Gasteiger partial charge is 0.478 e. The topological polar surface area (TPSA) is 99.8 Å². The van der Waals surface area contributed by atoms with Crippen LogP contribution in [0.1, 0.15) is 10.4 Å². The fraction of sp³-hybridized carbons (Fsp3) is 0.364. The van der Waals surface area contributed by atoms with Crippen LogP contribution in [-0.4, -0.2) is 54.6 Å². The molecule has 0 atom stereocenters. The molecule has 0 saturated carbocycles. The molecule has 0 aliphatic carbocycles. The number of nitrogen functional groups attached to an aromatic ring is 1. The molecule has 0 bridgehead atoms. The second-order valence-electron chi connectivity index (χ2n) is 4.05. The van der Waals surface area contributed by atoms with Crippen molar-refractivity contribution < 1.29 is 14.7 Å². The Labute approximate surface area is 105 Å². The van der Waals surface area contributed by atoms with Crippen LogP contribution in [0.5, 0.6) is 0 Å². The highest BCUT2D eigenvalue weighted by Crippen LogP contribution is 2.22. The standard InChI is InChI=1S/C11H16N4O3/c1-14(2)8(16)6-15(3)10-9(12)7(11(17)18)4-5-13-10/h4-5H,6,12H2,1-3H3,(H,17,18). The lowest BCUT2D eigenvalue weighted by Crippen LogP contribution is -2.35. The van der Waals surface area contributed by atoms with Gasteiger partial charge >= 0.3 is 5.97 Å². The molecule has 18 heavy (non-hydrogen) atoms. The lowest BCUT2D eigenvalue weighted by atomic mass is 10.2. The number of aromatic nitrogens is 1. The summed E-state index contributed by atoms with van der Waals surface area (Å²) >= 11 is 0. The first-order chi connectivity index (χ1) is 8.34. The molecule has 0 saturated heterocycles. The Bertz CT molecular complexity index is 473. The van der Waals surface area contributed by atoms with Crippen molar-refractivity contribution in [1.29, 1.82) is 0 Å². The molecule has 3 N–H and O–H groups in total. The minimum atomic E-state index is -1.12. The number of amides is 1. The molecule has 1 aromatic rings. The Hall–Kier alpha value is -2.31. The number of hydrogen-bond acceptors (Lipinski definition) is 5. The number of likely N-dealkylation sites (N-methyl/N-ethyl adjacent to an activating group) is 2. The van der Waals surface area contributed by atoms with E-state index in [1.165, 1.54) is 22.1 Å². The van der Waals surface area contributed by atoms with Gasteiger partial charge in [-0.05, 0) is 6.07 Å². The van der Waals surface area contributed by atoms with Gasteiger partial charge in [0.25, 0.3) is 0 Å². The van der Waals surface area contributed by atoms with Gasteiger partial charge in [-0.2, -0.15) is 0 Å². The summed E-state index contributed by atoms with van der Waals surface area (Å²) < 4.78 is 0. The normalized spacial score (nSPS) is 9.94. The highest BCUT2D eigenvalue weighted by Gasteiger charge is 2.17. The first-order valence-corrected chi connectivity index (χ1v) is 5.23. The minimum Gasteiger partial charge on any atom is -0.478 e. The van der Waals surface area contributed by atoms with Gasteiger partial charge in [0.1, 0.15) is 0 Å². The molecule has 0 unspecified atom stereocenters. The Morgan fingerprint density at radius 3 is 2.50 bits per heavy atom. The van der Waals surface area contributed by atoms with Gasteiger partial charge in [-0.15, -0.1) is 0 Å². The number of carbonyl (C=O) groups is 2. The average molecular weight is 252 g/mol. The van der Waals surface area contributed by atoms with Crippen LogP contribution in [0.2, 0.25) is 0 Å². The molecule has 1 heterocycles. The zero-order chi connectivity index (χ0) is 13.9. The van der Waals surface area contributed by atoms with Crippen LogP contribution in [0.25, 0.3) is 0 Å². The van der Waals surface area contributed by atoms with Crippen molar-refractivity contribution in [2.45, 2.75) is 0 Å². The quantitative estimate of drug-likeness (QED) is 0.775. The summed E-state index contributed by atoms with van der Waals surface area (Å²) in [5.74, 6) is -0.965. The molecule has 0 aliphatic rings. The summed E-state index contributed by atoms with van der Waals surface area (Å²) in [5, 5.41) is 8.94. The molecule has 98 valence electrons. The summed E-state index contributed by atoms with van der Waals surface area (Å²) in [6.45, 7) is 0.0767. The van der Waals surface area contributed by atoms with Crippen molar-refractivity contribution >= 4 is 23.4 Å². The van der Waals surface area contributed by atoms with Crippen LogP contribution in [0.15, 0.2) is 12.3 Å². The number of nitrogens with two attached hydrogens (primary N) is 1. The highest BCUT2D eigenvalue weighted by molar-refractivity contribution is 5.96. The Morgan fingerprint density at radius 1 is 1.39 bits per heavy atom. The van der Waals surface area contributed by atoms with E-state index in [1.54, 1.807) is 21.1 Å². The molecule has 0 aromatic carbocycles. The van der Waals surface area contributed by atoms with Crippen molar-refractivity contribution in [2.75, 3.05) is 38.3 Å². The number of aromatic carboxylic acids is 1. The molecule has 1 amide bonds.